The van der Waals surface area contributed by atoms with Crippen LogP contribution in [-0.4, -0.2) is 33.8 Å². The Balaban J connectivity index is 1.54. The van der Waals surface area contributed by atoms with Gasteiger partial charge in [-0.05, 0) is 49.7 Å². The van der Waals surface area contributed by atoms with Crippen LogP contribution in [0.4, 0.5) is 5.69 Å². The highest BCUT2D eigenvalue weighted by atomic mass is 32.2. The van der Waals surface area contributed by atoms with Crippen molar-refractivity contribution in [3.8, 4) is 17.2 Å². The second-order valence-electron chi connectivity index (χ2n) is 6.31. The SMILES string of the molecule is CCC(C)NS(=O)(=O)c1ccc(NC(=O)COc2ccc3c(c2)OCO3)cc1. The number of carbonyl (C=O) groups excluding carboxylic acids is 1. The number of hydrogen-bond donors (Lipinski definition) is 2. The second-order valence-corrected chi connectivity index (χ2v) is 8.02. The van der Waals surface area contributed by atoms with Crippen LogP contribution in [0.15, 0.2) is 47.4 Å². The first kappa shape index (κ1) is 20.0. The summed E-state index contributed by atoms with van der Waals surface area (Å²) in [4.78, 5) is 12.2. The minimum Gasteiger partial charge on any atom is -0.484 e. The third-order valence-corrected chi connectivity index (χ3v) is 5.74. The van der Waals surface area contributed by atoms with Crippen molar-refractivity contribution < 1.29 is 27.4 Å². The minimum atomic E-state index is -3.58. The number of amides is 1. The first-order valence-corrected chi connectivity index (χ1v) is 10.3. The highest BCUT2D eigenvalue weighted by molar-refractivity contribution is 7.89. The molecule has 0 aromatic heterocycles. The van der Waals surface area contributed by atoms with Gasteiger partial charge in [0, 0.05) is 17.8 Å². The normalized spacial score (nSPS) is 13.8. The van der Waals surface area contributed by atoms with E-state index < -0.39 is 10.0 Å². The summed E-state index contributed by atoms with van der Waals surface area (Å²) in [6.45, 7) is 3.66. The van der Waals surface area contributed by atoms with Crippen LogP contribution >= 0.6 is 0 Å². The monoisotopic (exact) mass is 406 g/mol. The zero-order valence-electron chi connectivity index (χ0n) is 15.6. The van der Waals surface area contributed by atoms with Crippen LogP contribution < -0.4 is 24.2 Å². The number of hydrogen-bond acceptors (Lipinski definition) is 6. The van der Waals surface area contributed by atoms with E-state index in [1.165, 1.54) is 24.3 Å². The predicted octanol–water partition coefficient (Wildman–Crippen LogP) is 2.51. The molecule has 0 fully saturated rings. The molecule has 2 aromatic carbocycles. The second kappa shape index (κ2) is 8.49. The lowest BCUT2D eigenvalue weighted by atomic mass is 10.3. The van der Waals surface area contributed by atoms with Crippen molar-refractivity contribution in [2.75, 3.05) is 18.7 Å². The van der Waals surface area contributed by atoms with Gasteiger partial charge in [-0.3, -0.25) is 4.79 Å². The predicted molar refractivity (Wildman–Crippen MR) is 103 cm³/mol. The first-order valence-electron chi connectivity index (χ1n) is 8.82. The van der Waals surface area contributed by atoms with Crippen molar-refractivity contribution in [3.05, 3.63) is 42.5 Å². The summed E-state index contributed by atoms with van der Waals surface area (Å²) in [5, 5.41) is 2.66. The maximum Gasteiger partial charge on any atom is 0.262 e. The molecule has 0 bridgehead atoms. The molecule has 9 heteroatoms. The summed E-state index contributed by atoms with van der Waals surface area (Å²) >= 11 is 0. The topological polar surface area (TPSA) is 103 Å². The van der Waals surface area contributed by atoms with Gasteiger partial charge in [-0.25, -0.2) is 13.1 Å². The van der Waals surface area contributed by atoms with Crippen LogP contribution in [0.5, 0.6) is 17.2 Å². The molecule has 2 N–H and O–H groups in total. The molecule has 3 rings (SSSR count). The molecule has 28 heavy (non-hydrogen) atoms. The van der Waals surface area contributed by atoms with Crippen molar-refractivity contribution in [1.82, 2.24) is 4.72 Å². The fourth-order valence-electron chi connectivity index (χ4n) is 2.45. The van der Waals surface area contributed by atoms with E-state index in [-0.39, 0.29) is 30.2 Å². The van der Waals surface area contributed by atoms with Crippen molar-refractivity contribution >= 4 is 21.6 Å². The number of rotatable bonds is 8. The van der Waals surface area contributed by atoms with E-state index in [4.69, 9.17) is 14.2 Å². The van der Waals surface area contributed by atoms with Crippen molar-refractivity contribution in [2.45, 2.75) is 31.2 Å². The molecule has 1 amide bonds. The number of anilines is 1. The molecule has 0 saturated carbocycles. The maximum atomic E-state index is 12.2. The van der Waals surface area contributed by atoms with E-state index in [0.29, 0.717) is 29.4 Å². The van der Waals surface area contributed by atoms with Crippen LogP contribution in [0.2, 0.25) is 0 Å². The molecule has 8 nitrogen and oxygen atoms in total. The fourth-order valence-corrected chi connectivity index (χ4v) is 3.77. The van der Waals surface area contributed by atoms with Gasteiger partial charge in [0.05, 0.1) is 4.90 Å². The zero-order chi connectivity index (χ0) is 20.1. The van der Waals surface area contributed by atoms with Gasteiger partial charge in [-0.2, -0.15) is 0 Å². The molecule has 0 saturated heterocycles. The van der Waals surface area contributed by atoms with Gasteiger partial charge in [0.25, 0.3) is 5.91 Å². The summed E-state index contributed by atoms with van der Waals surface area (Å²) in [5.74, 6) is 1.32. The molecule has 1 atom stereocenters. The quantitative estimate of drug-likeness (QED) is 0.698. The highest BCUT2D eigenvalue weighted by Gasteiger charge is 2.17. The Morgan fingerprint density at radius 1 is 1.14 bits per heavy atom. The molecule has 1 heterocycles. The first-order chi connectivity index (χ1) is 13.4. The molecule has 150 valence electrons. The Morgan fingerprint density at radius 3 is 2.57 bits per heavy atom. The van der Waals surface area contributed by atoms with Crippen LogP contribution in [0.25, 0.3) is 0 Å². The van der Waals surface area contributed by atoms with E-state index in [9.17, 15) is 13.2 Å². The Labute approximate surface area is 163 Å². The highest BCUT2D eigenvalue weighted by Crippen LogP contribution is 2.35. The average Bonchev–Trinajstić information content (AvgIpc) is 3.14. The molecule has 1 unspecified atom stereocenters. The largest absolute Gasteiger partial charge is 0.484 e. The fraction of sp³-hybridized carbons (Fsp3) is 0.316. The molecule has 0 aliphatic carbocycles. The Kier molecular flexibility index (Phi) is 6.05. The lowest BCUT2D eigenvalue weighted by Crippen LogP contribution is -2.31. The van der Waals surface area contributed by atoms with E-state index in [0.717, 1.165) is 0 Å². The van der Waals surface area contributed by atoms with Gasteiger partial charge < -0.3 is 19.5 Å². The molecule has 2 aromatic rings. The van der Waals surface area contributed by atoms with Gasteiger partial charge in [0.15, 0.2) is 18.1 Å². The van der Waals surface area contributed by atoms with Gasteiger partial charge >= 0.3 is 0 Å². The molecular formula is C19H22N2O6S. The van der Waals surface area contributed by atoms with Crippen LogP contribution in [-0.2, 0) is 14.8 Å². The molecular weight excluding hydrogens is 384 g/mol. The van der Waals surface area contributed by atoms with Gasteiger partial charge in [0.2, 0.25) is 16.8 Å². The maximum absolute atomic E-state index is 12.2. The summed E-state index contributed by atoms with van der Waals surface area (Å²) < 4.78 is 43.0. The van der Waals surface area contributed by atoms with E-state index >= 15 is 0 Å². The Hall–Kier alpha value is -2.78. The number of nitrogens with one attached hydrogen (secondary N) is 2. The number of ether oxygens (including phenoxy) is 3. The molecule has 1 aliphatic rings. The summed E-state index contributed by atoms with van der Waals surface area (Å²) in [5.41, 5.74) is 0.474. The average molecular weight is 406 g/mol. The van der Waals surface area contributed by atoms with Gasteiger partial charge in [-0.1, -0.05) is 6.92 Å². The number of fused-ring (bicyclic) bond motifs is 1. The van der Waals surface area contributed by atoms with E-state index in [2.05, 4.69) is 10.0 Å². The van der Waals surface area contributed by atoms with E-state index in [1.807, 2.05) is 6.92 Å². The standard InChI is InChI=1S/C19H22N2O6S/c1-3-13(2)21-28(23,24)16-7-4-14(5-8-16)20-19(22)11-25-15-6-9-17-18(10-15)27-12-26-17/h4-10,13,21H,3,11-12H2,1-2H3,(H,20,22). The summed E-state index contributed by atoms with van der Waals surface area (Å²) in [6, 6.07) is 10.8. The third kappa shape index (κ3) is 4.93. The third-order valence-electron chi connectivity index (χ3n) is 4.13. The number of carbonyl (C=O) groups is 1. The number of benzene rings is 2. The zero-order valence-corrected chi connectivity index (χ0v) is 16.4. The van der Waals surface area contributed by atoms with Gasteiger partial charge in [-0.15, -0.1) is 0 Å². The molecule has 0 radical (unpaired) electrons. The summed E-state index contributed by atoms with van der Waals surface area (Å²) in [6.07, 6.45) is 0.691. The lowest BCUT2D eigenvalue weighted by Gasteiger charge is -2.12. The van der Waals surface area contributed by atoms with Crippen molar-refractivity contribution in [3.63, 3.8) is 0 Å². The van der Waals surface area contributed by atoms with Crippen LogP contribution in [0.1, 0.15) is 20.3 Å². The van der Waals surface area contributed by atoms with Crippen LogP contribution in [0, 0.1) is 0 Å². The number of sulfonamides is 1. The van der Waals surface area contributed by atoms with E-state index in [1.54, 1.807) is 25.1 Å². The minimum absolute atomic E-state index is 0.141. The van der Waals surface area contributed by atoms with Crippen molar-refractivity contribution in [2.24, 2.45) is 0 Å². The molecule has 1 aliphatic heterocycles. The van der Waals surface area contributed by atoms with Crippen molar-refractivity contribution in [1.29, 1.82) is 0 Å². The smallest absolute Gasteiger partial charge is 0.262 e. The molecule has 0 spiro atoms. The summed E-state index contributed by atoms with van der Waals surface area (Å²) in [7, 11) is -3.58. The Morgan fingerprint density at radius 2 is 1.86 bits per heavy atom. The lowest BCUT2D eigenvalue weighted by molar-refractivity contribution is -0.118. The van der Waals surface area contributed by atoms with Crippen LogP contribution in [0.3, 0.4) is 0 Å². The van der Waals surface area contributed by atoms with Gasteiger partial charge in [0.1, 0.15) is 5.75 Å². The Bertz CT molecular complexity index is 943.